The minimum absolute atomic E-state index is 0.647. The number of rotatable bonds is 1. The van der Waals surface area contributed by atoms with Crippen LogP contribution in [0.2, 0.25) is 0 Å². The lowest BCUT2D eigenvalue weighted by molar-refractivity contribution is -0.125. The first-order valence-corrected chi connectivity index (χ1v) is 3.45. The summed E-state index contributed by atoms with van der Waals surface area (Å²) in [6.45, 7) is 2.50. The molecule has 2 bridgehead atoms. The van der Waals surface area contributed by atoms with E-state index in [0.29, 0.717) is 18.8 Å². The van der Waals surface area contributed by atoms with Gasteiger partial charge in [-0.15, -0.1) is 0 Å². The van der Waals surface area contributed by atoms with Crippen LogP contribution in [0.25, 0.3) is 0 Å². The fourth-order valence-corrected chi connectivity index (χ4v) is 1.71. The van der Waals surface area contributed by atoms with Gasteiger partial charge in [0.25, 0.3) is 0 Å². The van der Waals surface area contributed by atoms with Crippen molar-refractivity contribution in [1.29, 1.82) is 0 Å². The lowest BCUT2D eigenvalue weighted by Gasteiger charge is -2.51. The lowest BCUT2D eigenvalue weighted by atomic mass is 9.92. The molecular weight excluding hydrogens is 116 g/mol. The zero-order valence-corrected chi connectivity index (χ0v) is 5.42. The number of nitrogens with two attached hydrogens (primary N) is 1. The molecule has 0 aliphatic carbocycles. The SMILES string of the molecule is NCN1C2COCC1C2. The number of nitrogens with zero attached hydrogens (tertiary/aromatic N) is 1. The van der Waals surface area contributed by atoms with E-state index >= 15 is 0 Å². The fraction of sp³-hybridized carbons (Fsp3) is 1.00. The van der Waals surface area contributed by atoms with Crippen LogP contribution in [0.1, 0.15) is 6.42 Å². The molecule has 3 rings (SSSR count). The molecule has 0 radical (unpaired) electrons. The molecule has 2 N–H and O–H groups in total. The van der Waals surface area contributed by atoms with Crippen LogP contribution in [-0.2, 0) is 4.74 Å². The Kier molecular flexibility index (Phi) is 1.22. The standard InChI is InChI=1S/C6H12N2O/c7-4-8-5-1-6(8)3-9-2-5/h5-6H,1-4,7H2. The van der Waals surface area contributed by atoms with Gasteiger partial charge in [0.05, 0.1) is 13.2 Å². The molecule has 52 valence electrons. The Hall–Kier alpha value is -0.120. The normalized spacial score (nSPS) is 42.3. The Labute approximate surface area is 54.8 Å². The maximum Gasteiger partial charge on any atom is 0.0623 e. The van der Waals surface area contributed by atoms with Gasteiger partial charge in [-0.3, -0.25) is 4.90 Å². The topological polar surface area (TPSA) is 38.5 Å². The molecule has 3 aliphatic heterocycles. The first-order valence-electron chi connectivity index (χ1n) is 3.45. The number of fused-ring (bicyclic) bond motifs is 2. The van der Waals surface area contributed by atoms with Crippen LogP contribution < -0.4 is 5.73 Å². The molecule has 0 aromatic carbocycles. The van der Waals surface area contributed by atoms with Crippen LogP contribution in [0.5, 0.6) is 0 Å². The Balaban J connectivity index is 1.97. The number of morpholine rings is 1. The zero-order chi connectivity index (χ0) is 6.27. The van der Waals surface area contributed by atoms with E-state index in [0.717, 1.165) is 13.2 Å². The quantitative estimate of drug-likeness (QED) is 0.511. The highest BCUT2D eigenvalue weighted by Crippen LogP contribution is 2.28. The van der Waals surface area contributed by atoms with E-state index in [1.807, 2.05) is 0 Å². The fourth-order valence-electron chi connectivity index (χ4n) is 1.71. The summed E-state index contributed by atoms with van der Waals surface area (Å²) >= 11 is 0. The van der Waals surface area contributed by atoms with Crippen molar-refractivity contribution < 1.29 is 4.74 Å². The van der Waals surface area contributed by atoms with Crippen molar-refractivity contribution in [3.8, 4) is 0 Å². The highest BCUT2D eigenvalue weighted by molar-refractivity contribution is 4.94. The number of hydrogen-bond donors (Lipinski definition) is 1. The molecule has 3 aliphatic rings. The summed E-state index contributed by atoms with van der Waals surface area (Å²) in [5.41, 5.74) is 5.49. The van der Waals surface area contributed by atoms with Crippen molar-refractivity contribution in [1.82, 2.24) is 4.90 Å². The second-order valence-corrected chi connectivity index (χ2v) is 2.78. The van der Waals surface area contributed by atoms with Crippen molar-refractivity contribution in [3.05, 3.63) is 0 Å². The summed E-state index contributed by atoms with van der Waals surface area (Å²) in [4.78, 5) is 2.31. The molecule has 0 amide bonds. The summed E-state index contributed by atoms with van der Waals surface area (Å²) in [5, 5.41) is 0. The lowest BCUT2D eigenvalue weighted by Crippen LogP contribution is -2.64. The highest BCUT2D eigenvalue weighted by atomic mass is 16.5. The maximum absolute atomic E-state index is 5.49. The monoisotopic (exact) mass is 128 g/mol. The van der Waals surface area contributed by atoms with Gasteiger partial charge in [-0.25, -0.2) is 0 Å². The van der Waals surface area contributed by atoms with Crippen molar-refractivity contribution in [3.63, 3.8) is 0 Å². The van der Waals surface area contributed by atoms with E-state index in [-0.39, 0.29) is 0 Å². The van der Waals surface area contributed by atoms with Gasteiger partial charge in [-0.1, -0.05) is 0 Å². The average Bonchev–Trinajstić information content (AvgIpc) is 1.90. The van der Waals surface area contributed by atoms with E-state index in [9.17, 15) is 0 Å². The summed E-state index contributed by atoms with van der Waals surface area (Å²) in [7, 11) is 0. The minimum atomic E-state index is 0.647. The van der Waals surface area contributed by atoms with Crippen LogP contribution in [0.15, 0.2) is 0 Å². The molecule has 0 aromatic rings. The predicted octanol–water partition coefficient (Wildman–Crippen LogP) is -0.624. The van der Waals surface area contributed by atoms with Crippen LogP contribution in [0.4, 0.5) is 0 Å². The third-order valence-electron chi connectivity index (χ3n) is 2.31. The van der Waals surface area contributed by atoms with Crippen molar-refractivity contribution in [2.75, 3.05) is 19.9 Å². The Morgan fingerprint density at radius 3 is 2.44 bits per heavy atom. The molecule has 3 saturated heterocycles. The van der Waals surface area contributed by atoms with Crippen molar-refractivity contribution in [2.45, 2.75) is 18.5 Å². The van der Waals surface area contributed by atoms with Gasteiger partial charge < -0.3 is 10.5 Å². The van der Waals surface area contributed by atoms with Gasteiger partial charge in [0.1, 0.15) is 0 Å². The first kappa shape index (κ1) is 5.65. The maximum atomic E-state index is 5.49. The molecule has 9 heavy (non-hydrogen) atoms. The second-order valence-electron chi connectivity index (χ2n) is 2.78. The Morgan fingerprint density at radius 2 is 2.11 bits per heavy atom. The molecule has 3 heteroatoms. The zero-order valence-electron chi connectivity index (χ0n) is 5.42. The van der Waals surface area contributed by atoms with Crippen LogP contribution in [-0.4, -0.2) is 36.9 Å². The summed E-state index contributed by atoms with van der Waals surface area (Å²) in [5.74, 6) is 0. The van der Waals surface area contributed by atoms with E-state index in [1.165, 1.54) is 6.42 Å². The van der Waals surface area contributed by atoms with Gasteiger partial charge >= 0.3 is 0 Å². The average molecular weight is 128 g/mol. The summed E-state index contributed by atoms with van der Waals surface area (Å²) in [6, 6.07) is 1.29. The Morgan fingerprint density at radius 1 is 1.44 bits per heavy atom. The molecule has 2 unspecified atom stereocenters. The molecule has 2 atom stereocenters. The minimum Gasteiger partial charge on any atom is -0.378 e. The van der Waals surface area contributed by atoms with Crippen LogP contribution in [0, 0.1) is 0 Å². The van der Waals surface area contributed by atoms with Crippen LogP contribution in [0.3, 0.4) is 0 Å². The molecule has 0 aromatic heterocycles. The molecule has 3 nitrogen and oxygen atoms in total. The molecular formula is C6H12N2O. The van der Waals surface area contributed by atoms with Gasteiger partial charge in [-0.05, 0) is 6.42 Å². The van der Waals surface area contributed by atoms with E-state index in [1.54, 1.807) is 0 Å². The number of hydrogen-bond acceptors (Lipinski definition) is 3. The third-order valence-corrected chi connectivity index (χ3v) is 2.31. The Bertz CT molecular complexity index is 104. The largest absolute Gasteiger partial charge is 0.378 e. The molecule has 0 spiro atoms. The second kappa shape index (κ2) is 1.94. The van der Waals surface area contributed by atoms with Crippen molar-refractivity contribution >= 4 is 0 Å². The number of ether oxygens (including phenoxy) is 1. The van der Waals surface area contributed by atoms with Gasteiger partial charge in [0, 0.05) is 18.8 Å². The van der Waals surface area contributed by atoms with Gasteiger partial charge in [0.15, 0.2) is 0 Å². The molecule has 3 fully saturated rings. The molecule has 0 saturated carbocycles. The van der Waals surface area contributed by atoms with Crippen molar-refractivity contribution in [2.24, 2.45) is 5.73 Å². The third kappa shape index (κ3) is 0.689. The molecule has 3 heterocycles. The van der Waals surface area contributed by atoms with Crippen LogP contribution >= 0.6 is 0 Å². The van der Waals surface area contributed by atoms with E-state index in [2.05, 4.69) is 4.90 Å². The van der Waals surface area contributed by atoms with Gasteiger partial charge in [0.2, 0.25) is 0 Å². The highest BCUT2D eigenvalue weighted by Gasteiger charge is 2.40. The van der Waals surface area contributed by atoms with E-state index in [4.69, 9.17) is 10.5 Å². The van der Waals surface area contributed by atoms with Gasteiger partial charge in [-0.2, -0.15) is 0 Å². The summed E-state index contributed by atoms with van der Waals surface area (Å²) in [6.07, 6.45) is 1.30. The summed E-state index contributed by atoms with van der Waals surface area (Å²) < 4.78 is 5.27. The van der Waals surface area contributed by atoms with E-state index < -0.39 is 0 Å². The predicted molar refractivity (Wildman–Crippen MR) is 33.9 cm³/mol. The first-order chi connectivity index (χ1) is 4.42. The smallest absolute Gasteiger partial charge is 0.0623 e.